The van der Waals surface area contributed by atoms with Gasteiger partial charge in [-0.15, -0.1) is 0 Å². The second-order valence-corrected chi connectivity index (χ2v) is 3.01. The van der Waals surface area contributed by atoms with Crippen LogP contribution < -0.4 is 0 Å². The van der Waals surface area contributed by atoms with Crippen LogP contribution in [-0.4, -0.2) is 50.0 Å². The highest BCUT2D eigenvalue weighted by molar-refractivity contribution is 4.80. The van der Waals surface area contributed by atoms with Crippen molar-refractivity contribution >= 4 is 0 Å². The molecule has 0 amide bonds. The first-order valence-corrected chi connectivity index (χ1v) is 3.60. The topological polar surface area (TPSA) is 32.7 Å². The molecule has 10 heavy (non-hydrogen) atoms. The monoisotopic (exact) mass is 145 g/mol. The van der Waals surface area contributed by atoms with E-state index in [1.54, 1.807) is 0 Å². The summed E-state index contributed by atoms with van der Waals surface area (Å²) >= 11 is 0. The Kier molecular flexibility index (Phi) is 2.65. The van der Waals surface area contributed by atoms with Crippen LogP contribution in [0.3, 0.4) is 0 Å². The highest BCUT2D eigenvalue weighted by Crippen LogP contribution is 2.16. The zero-order chi connectivity index (χ0) is 7.56. The molecule has 1 aliphatic rings. The van der Waals surface area contributed by atoms with Crippen LogP contribution in [0.15, 0.2) is 0 Å². The molecule has 0 aliphatic carbocycles. The molecule has 0 bridgehead atoms. The normalized spacial score (nSPS) is 33.6. The number of hydrogen-bond acceptors (Lipinski definition) is 3. The van der Waals surface area contributed by atoms with Crippen molar-refractivity contribution in [2.45, 2.75) is 6.04 Å². The maximum Gasteiger partial charge on any atom is 0.0626 e. The van der Waals surface area contributed by atoms with Gasteiger partial charge in [0.05, 0.1) is 13.2 Å². The Labute approximate surface area is 61.6 Å². The van der Waals surface area contributed by atoms with E-state index in [-0.39, 0.29) is 6.61 Å². The van der Waals surface area contributed by atoms with E-state index in [1.807, 2.05) is 14.1 Å². The van der Waals surface area contributed by atoms with Crippen LogP contribution in [-0.2, 0) is 4.74 Å². The zero-order valence-electron chi connectivity index (χ0n) is 6.58. The fraction of sp³-hybridized carbons (Fsp3) is 1.00. The molecule has 1 fully saturated rings. The summed E-state index contributed by atoms with van der Waals surface area (Å²) in [5, 5.41) is 8.88. The molecular weight excluding hydrogens is 130 g/mol. The number of rotatable bonds is 2. The van der Waals surface area contributed by atoms with Crippen molar-refractivity contribution in [2.24, 2.45) is 5.92 Å². The molecule has 2 atom stereocenters. The summed E-state index contributed by atoms with van der Waals surface area (Å²) < 4.78 is 5.22. The molecular formula is C7H15NO2. The molecule has 0 spiro atoms. The lowest BCUT2D eigenvalue weighted by Gasteiger charge is -2.22. The van der Waals surface area contributed by atoms with E-state index in [0.717, 1.165) is 6.61 Å². The average Bonchev–Trinajstić information content (AvgIpc) is 2.33. The molecule has 1 rings (SSSR count). The van der Waals surface area contributed by atoms with Crippen molar-refractivity contribution in [3.8, 4) is 0 Å². The summed E-state index contributed by atoms with van der Waals surface area (Å²) in [5.41, 5.74) is 0. The molecule has 1 aliphatic heterocycles. The summed E-state index contributed by atoms with van der Waals surface area (Å²) in [4.78, 5) is 2.11. The number of ether oxygens (including phenoxy) is 1. The van der Waals surface area contributed by atoms with Gasteiger partial charge in [-0.25, -0.2) is 0 Å². The van der Waals surface area contributed by atoms with Crippen LogP contribution in [0.4, 0.5) is 0 Å². The van der Waals surface area contributed by atoms with Crippen molar-refractivity contribution in [3.05, 3.63) is 0 Å². The van der Waals surface area contributed by atoms with E-state index in [4.69, 9.17) is 9.84 Å². The SMILES string of the molecule is CN(C)C1COCC1CO. The molecule has 1 heterocycles. The second-order valence-electron chi connectivity index (χ2n) is 3.01. The van der Waals surface area contributed by atoms with E-state index in [0.29, 0.717) is 18.6 Å². The van der Waals surface area contributed by atoms with Crippen molar-refractivity contribution in [1.82, 2.24) is 4.90 Å². The molecule has 0 aromatic carbocycles. The van der Waals surface area contributed by atoms with Crippen LogP contribution in [0.2, 0.25) is 0 Å². The molecule has 3 heteroatoms. The molecule has 3 nitrogen and oxygen atoms in total. The maximum absolute atomic E-state index is 8.88. The van der Waals surface area contributed by atoms with Crippen molar-refractivity contribution in [2.75, 3.05) is 33.9 Å². The van der Waals surface area contributed by atoms with Gasteiger partial charge in [-0.3, -0.25) is 0 Å². The lowest BCUT2D eigenvalue weighted by Crippen LogP contribution is -2.35. The smallest absolute Gasteiger partial charge is 0.0626 e. The van der Waals surface area contributed by atoms with Crippen LogP contribution in [0.1, 0.15) is 0 Å². The first kappa shape index (κ1) is 7.98. The van der Waals surface area contributed by atoms with Crippen LogP contribution in [0.5, 0.6) is 0 Å². The van der Waals surface area contributed by atoms with Crippen molar-refractivity contribution < 1.29 is 9.84 Å². The predicted octanol–water partition coefficient (Wildman–Crippen LogP) is -0.445. The molecule has 0 radical (unpaired) electrons. The minimum atomic E-state index is 0.239. The average molecular weight is 145 g/mol. The minimum Gasteiger partial charge on any atom is -0.396 e. The van der Waals surface area contributed by atoms with Gasteiger partial charge in [0.15, 0.2) is 0 Å². The molecule has 0 saturated carbocycles. The van der Waals surface area contributed by atoms with Gasteiger partial charge in [0.25, 0.3) is 0 Å². The van der Waals surface area contributed by atoms with Gasteiger partial charge in [0, 0.05) is 18.6 Å². The highest BCUT2D eigenvalue weighted by Gasteiger charge is 2.28. The van der Waals surface area contributed by atoms with Crippen molar-refractivity contribution in [3.63, 3.8) is 0 Å². The van der Waals surface area contributed by atoms with Gasteiger partial charge in [0.1, 0.15) is 0 Å². The molecule has 1 N–H and O–H groups in total. The third kappa shape index (κ3) is 1.48. The number of likely N-dealkylation sites (N-methyl/N-ethyl adjacent to an activating group) is 1. The lowest BCUT2D eigenvalue weighted by molar-refractivity contribution is 0.160. The number of nitrogens with zero attached hydrogens (tertiary/aromatic N) is 1. The van der Waals surface area contributed by atoms with Crippen LogP contribution >= 0.6 is 0 Å². The third-order valence-corrected chi connectivity index (χ3v) is 2.06. The molecule has 60 valence electrons. The van der Waals surface area contributed by atoms with Gasteiger partial charge in [0.2, 0.25) is 0 Å². The predicted molar refractivity (Wildman–Crippen MR) is 38.9 cm³/mol. The van der Waals surface area contributed by atoms with E-state index < -0.39 is 0 Å². The van der Waals surface area contributed by atoms with Gasteiger partial charge in [-0.2, -0.15) is 0 Å². The quantitative estimate of drug-likeness (QED) is 0.571. The highest BCUT2D eigenvalue weighted by atomic mass is 16.5. The first-order valence-electron chi connectivity index (χ1n) is 3.60. The Morgan fingerprint density at radius 2 is 2.20 bits per heavy atom. The largest absolute Gasteiger partial charge is 0.396 e. The summed E-state index contributed by atoms with van der Waals surface area (Å²) in [6, 6.07) is 0.407. The lowest BCUT2D eigenvalue weighted by atomic mass is 10.0. The first-order chi connectivity index (χ1) is 4.75. The van der Waals surface area contributed by atoms with E-state index in [2.05, 4.69) is 4.90 Å². The third-order valence-electron chi connectivity index (χ3n) is 2.06. The number of aliphatic hydroxyl groups is 1. The van der Waals surface area contributed by atoms with Crippen LogP contribution in [0.25, 0.3) is 0 Å². The van der Waals surface area contributed by atoms with Gasteiger partial charge < -0.3 is 14.7 Å². The van der Waals surface area contributed by atoms with Gasteiger partial charge in [-0.1, -0.05) is 0 Å². The second kappa shape index (κ2) is 3.32. The maximum atomic E-state index is 8.88. The summed E-state index contributed by atoms with van der Waals surface area (Å²) in [6.07, 6.45) is 0. The van der Waals surface area contributed by atoms with Gasteiger partial charge in [-0.05, 0) is 14.1 Å². The Hall–Kier alpha value is -0.120. The molecule has 1 saturated heterocycles. The van der Waals surface area contributed by atoms with Gasteiger partial charge >= 0.3 is 0 Å². The van der Waals surface area contributed by atoms with Crippen molar-refractivity contribution in [1.29, 1.82) is 0 Å². The molecule has 0 aromatic rings. The Bertz CT molecular complexity index is 106. The zero-order valence-corrected chi connectivity index (χ0v) is 6.58. The van der Waals surface area contributed by atoms with E-state index >= 15 is 0 Å². The fourth-order valence-corrected chi connectivity index (χ4v) is 1.33. The molecule has 2 unspecified atom stereocenters. The fourth-order valence-electron chi connectivity index (χ4n) is 1.33. The van der Waals surface area contributed by atoms with E-state index in [1.165, 1.54) is 0 Å². The minimum absolute atomic E-state index is 0.239. The summed E-state index contributed by atoms with van der Waals surface area (Å²) in [7, 11) is 4.03. The number of hydrogen-bond donors (Lipinski definition) is 1. The Morgan fingerprint density at radius 1 is 1.50 bits per heavy atom. The van der Waals surface area contributed by atoms with E-state index in [9.17, 15) is 0 Å². The Balaban J connectivity index is 2.42. The Morgan fingerprint density at radius 3 is 2.60 bits per heavy atom. The standard InChI is InChI=1S/C7H15NO2/c1-8(2)7-5-10-4-6(7)3-9/h6-7,9H,3-5H2,1-2H3. The molecule has 0 aromatic heterocycles. The summed E-state index contributed by atoms with van der Waals surface area (Å²) in [5.74, 6) is 0.315. The summed E-state index contributed by atoms with van der Waals surface area (Å²) in [6.45, 7) is 1.71. The van der Waals surface area contributed by atoms with Crippen LogP contribution in [0, 0.1) is 5.92 Å². The number of aliphatic hydroxyl groups excluding tert-OH is 1.